The van der Waals surface area contributed by atoms with Crippen molar-refractivity contribution in [2.24, 2.45) is 5.84 Å². The second-order valence-corrected chi connectivity index (χ2v) is 7.91. The molecule has 1 fully saturated rings. The van der Waals surface area contributed by atoms with E-state index in [0.717, 1.165) is 22.5 Å². The first kappa shape index (κ1) is 16.4. The number of rotatable bonds is 4. The minimum Gasteiger partial charge on any atom is -0.367 e. The lowest BCUT2D eigenvalue weighted by Gasteiger charge is -2.22. The molecular weight excluding hydrogens is 282 g/mol. The SMILES string of the molecule is CSC1CCC(Nc2nc(C(C)(C)C)nc(NN)c2C)C1. The second kappa shape index (κ2) is 6.40. The molecule has 118 valence electrons. The van der Waals surface area contributed by atoms with Crippen LogP contribution in [0.3, 0.4) is 0 Å². The molecule has 2 unspecified atom stereocenters. The highest BCUT2D eigenvalue weighted by molar-refractivity contribution is 7.99. The van der Waals surface area contributed by atoms with E-state index < -0.39 is 0 Å². The summed E-state index contributed by atoms with van der Waals surface area (Å²) < 4.78 is 0. The average molecular weight is 309 g/mol. The molecule has 1 aromatic heterocycles. The van der Waals surface area contributed by atoms with Gasteiger partial charge in [0.1, 0.15) is 17.5 Å². The molecule has 0 saturated heterocycles. The maximum absolute atomic E-state index is 5.61. The van der Waals surface area contributed by atoms with Gasteiger partial charge in [-0.05, 0) is 32.4 Å². The first-order chi connectivity index (χ1) is 9.85. The maximum atomic E-state index is 5.61. The Bertz CT molecular complexity index is 498. The van der Waals surface area contributed by atoms with Crippen LogP contribution in [0.1, 0.15) is 51.4 Å². The molecule has 6 heteroatoms. The summed E-state index contributed by atoms with van der Waals surface area (Å²) in [6.07, 6.45) is 5.86. The minimum atomic E-state index is -0.104. The molecule has 1 aliphatic rings. The highest BCUT2D eigenvalue weighted by atomic mass is 32.2. The zero-order valence-electron chi connectivity index (χ0n) is 13.7. The van der Waals surface area contributed by atoms with Crippen molar-refractivity contribution in [3.63, 3.8) is 0 Å². The van der Waals surface area contributed by atoms with Gasteiger partial charge in [-0.3, -0.25) is 0 Å². The molecule has 5 nitrogen and oxygen atoms in total. The monoisotopic (exact) mass is 309 g/mol. The quantitative estimate of drug-likeness (QED) is 0.586. The van der Waals surface area contributed by atoms with Gasteiger partial charge < -0.3 is 10.7 Å². The lowest BCUT2D eigenvalue weighted by atomic mass is 9.95. The van der Waals surface area contributed by atoms with Crippen LogP contribution in [0, 0.1) is 6.92 Å². The molecule has 1 aromatic rings. The van der Waals surface area contributed by atoms with Gasteiger partial charge in [-0.1, -0.05) is 20.8 Å². The third-order valence-corrected chi connectivity index (χ3v) is 5.11. The van der Waals surface area contributed by atoms with Crippen LogP contribution in [0.2, 0.25) is 0 Å². The Labute approximate surface area is 131 Å². The number of nitrogens with one attached hydrogen (secondary N) is 2. The van der Waals surface area contributed by atoms with Gasteiger partial charge >= 0.3 is 0 Å². The van der Waals surface area contributed by atoms with Crippen LogP contribution in [0.15, 0.2) is 0 Å². The molecule has 4 N–H and O–H groups in total. The lowest BCUT2D eigenvalue weighted by molar-refractivity contribution is 0.545. The van der Waals surface area contributed by atoms with Gasteiger partial charge in [0.2, 0.25) is 0 Å². The van der Waals surface area contributed by atoms with Gasteiger partial charge in [0, 0.05) is 22.3 Å². The fraction of sp³-hybridized carbons (Fsp3) is 0.733. The molecule has 1 heterocycles. The summed E-state index contributed by atoms with van der Waals surface area (Å²) >= 11 is 1.96. The van der Waals surface area contributed by atoms with E-state index in [2.05, 4.69) is 42.8 Å². The predicted octanol–water partition coefficient (Wildman–Crippen LogP) is 3.06. The van der Waals surface area contributed by atoms with Crippen LogP contribution in [0.4, 0.5) is 11.6 Å². The van der Waals surface area contributed by atoms with Crippen LogP contribution in [-0.4, -0.2) is 27.5 Å². The topological polar surface area (TPSA) is 75.9 Å². The Hall–Kier alpha value is -1.01. The Morgan fingerprint density at radius 1 is 1.19 bits per heavy atom. The zero-order chi connectivity index (χ0) is 15.6. The number of anilines is 2. The largest absolute Gasteiger partial charge is 0.367 e. The first-order valence-electron chi connectivity index (χ1n) is 7.50. The number of thioether (sulfide) groups is 1. The molecule has 0 aliphatic heterocycles. The fourth-order valence-corrected chi connectivity index (χ4v) is 3.41. The Morgan fingerprint density at radius 3 is 2.38 bits per heavy atom. The van der Waals surface area contributed by atoms with Crippen LogP contribution in [0.5, 0.6) is 0 Å². The molecular formula is C15H27N5S. The van der Waals surface area contributed by atoms with E-state index in [-0.39, 0.29) is 5.41 Å². The Kier molecular flexibility index (Phi) is 4.99. The molecule has 0 amide bonds. The number of hydrazine groups is 1. The van der Waals surface area contributed by atoms with Gasteiger partial charge in [-0.2, -0.15) is 11.8 Å². The van der Waals surface area contributed by atoms with Gasteiger partial charge in [-0.25, -0.2) is 15.8 Å². The summed E-state index contributed by atoms with van der Waals surface area (Å²) in [6, 6.07) is 0.495. The van der Waals surface area contributed by atoms with E-state index >= 15 is 0 Å². The van der Waals surface area contributed by atoms with E-state index in [0.29, 0.717) is 11.9 Å². The zero-order valence-corrected chi connectivity index (χ0v) is 14.5. The van der Waals surface area contributed by atoms with Gasteiger partial charge in [0.15, 0.2) is 0 Å². The number of nitrogen functional groups attached to an aromatic ring is 1. The maximum Gasteiger partial charge on any atom is 0.148 e. The van der Waals surface area contributed by atoms with E-state index in [1.54, 1.807) is 0 Å². The van der Waals surface area contributed by atoms with Crippen molar-refractivity contribution in [1.29, 1.82) is 0 Å². The van der Waals surface area contributed by atoms with Gasteiger partial charge in [0.05, 0.1) is 0 Å². The molecule has 2 atom stereocenters. The van der Waals surface area contributed by atoms with E-state index in [9.17, 15) is 0 Å². The molecule has 21 heavy (non-hydrogen) atoms. The van der Waals surface area contributed by atoms with E-state index in [4.69, 9.17) is 10.8 Å². The molecule has 1 aliphatic carbocycles. The van der Waals surface area contributed by atoms with Crippen molar-refractivity contribution in [3.8, 4) is 0 Å². The molecule has 1 saturated carbocycles. The van der Waals surface area contributed by atoms with Crippen LogP contribution in [0.25, 0.3) is 0 Å². The van der Waals surface area contributed by atoms with Crippen molar-refractivity contribution in [2.75, 3.05) is 17.0 Å². The second-order valence-electron chi connectivity index (χ2n) is 6.78. The lowest BCUT2D eigenvalue weighted by Crippen LogP contribution is -2.24. The molecule has 0 spiro atoms. The standard InChI is InChI=1S/C15H27N5S/c1-9-12(17-10-6-7-11(8-10)21-5)18-14(15(2,3)4)19-13(9)20-16/h10-11H,6-8,16H2,1-5H3,(H2,17,18,19,20). The summed E-state index contributed by atoms with van der Waals surface area (Å²) in [7, 11) is 0. The van der Waals surface area contributed by atoms with Crippen molar-refractivity contribution in [2.45, 2.75) is 63.7 Å². The average Bonchev–Trinajstić information content (AvgIpc) is 2.87. The van der Waals surface area contributed by atoms with Crippen LogP contribution in [-0.2, 0) is 5.41 Å². The summed E-state index contributed by atoms with van der Waals surface area (Å²) in [4.78, 5) is 9.28. The first-order valence-corrected chi connectivity index (χ1v) is 8.79. The number of aromatic nitrogens is 2. The van der Waals surface area contributed by atoms with Crippen molar-refractivity contribution in [3.05, 3.63) is 11.4 Å². The van der Waals surface area contributed by atoms with E-state index in [1.165, 1.54) is 19.3 Å². The van der Waals surface area contributed by atoms with Crippen molar-refractivity contribution < 1.29 is 0 Å². The van der Waals surface area contributed by atoms with Crippen LogP contribution >= 0.6 is 11.8 Å². The minimum absolute atomic E-state index is 0.104. The third kappa shape index (κ3) is 3.80. The van der Waals surface area contributed by atoms with Gasteiger partial charge in [-0.15, -0.1) is 0 Å². The highest BCUT2D eigenvalue weighted by Gasteiger charge is 2.26. The summed E-state index contributed by atoms with van der Waals surface area (Å²) in [5.41, 5.74) is 3.58. The highest BCUT2D eigenvalue weighted by Crippen LogP contribution is 2.32. The van der Waals surface area contributed by atoms with Crippen molar-refractivity contribution in [1.82, 2.24) is 9.97 Å². The number of nitrogens with zero attached hydrogens (tertiary/aromatic N) is 2. The van der Waals surface area contributed by atoms with E-state index in [1.807, 2.05) is 18.7 Å². The Balaban J connectivity index is 2.26. The normalized spacial score (nSPS) is 22.4. The molecule has 0 bridgehead atoms. The van der Waals surface area contributed by atoms with Crippen LogP contribution < -0.4 is 16.6 Å². The third-order valence-electron chi connectivity index (χ3n) is 4.01. The smallest absolute Gasteiger partial charge is 0.148 e. The Morgan fingerprint density at radius 2 is 1.86 bits per heavy atom. The molecule has 2 rings (SSSR count). The summed E-state index contributed by atoms with van der Waals surface area (Å²) in [5.74, 6) is 8.04. The number of nitrogens with two attached hydrogens (primary N) is 1. The molecule has 0 radical (unpaired) electrons. The van der Waals surface area contributed by atoms with Crippen molar-refractivity contribution >= 4 is 23.4 Å². The molecule has 0 aromatic carbocycles. The predicted molar refractivity (Wildman–Crippen MR) is 91.8 cm³/mol. The van der Waals surface area contributed by atoms with Gasteiger partial charge in [0.25, 0.3) is 0 Å². The fourth-order valence-electron chi connectivity index (χ4n) is 2.61. The summed E-state index contributed by atoms with van der Waals surface area (Å²) in [5, 5.41) is 4.36. The number of hydrogen-bond donors (Lipinski definition) is 3. The number of hydrogen-bond acceptors (Lipinski definition) is 6. The summed E-state index contributed by atoms with van der Waals surface area (Å²) in [6.45, 7) is 8.34.